The topological polar surface area (TPSA) is 29.5 Å². The number of halogens is 3. The van der Waals surface area contributed by atoms with Crippen molar-refractivity contribution in [1.29, 1.82) is 0 Å². The Bertz CT molecular complexity index is 591. The van der Waals surface area contributed by atoms with E-state index in [9.17, 15) is 18.3 Å². The molecule has 1 atom stereocenters. The van der Waals surface area contributed by atoms with Crippen LogP contribution in [0.25, 0.3) is 0 Å². The van der Waals surface area contributed by atoms with Gasteiger partial charge in [0.15, 0.2) is 17.5 Å². The van der Waals surface area contributed by atoms with Crippen LogP contribution in [0.2, 0.25) is 0 Å². The standard InChI is InChI=1S/C15H13F3O2/c1-20-11-4-2-3-9(5-11)6-14(19)10-7-12(16)15(18)13(17)8-10/h2-5,7-8,14,19H,6H2,1H3. The third-order valence-electron chi connectivity index (χ3n) is 2.95. The number of aliphatic hydroxyl groups excluding tert-OH is 1. The van der Waals surface area contributed by atoms with E-state index in [1.54, 1.807) is 24.3 Å². The molecular formula is C15H13F3O2. The Hall–Kier alpha value is -2.01. The molecule has 0 saturated carbocycles. The van der Waals surface area contributed by atoms with Crippen molar-refractivity contribution in [1.82, 2.24) is 0 Å². The molecule has 2 aromatic carbocycles. The van der Waals surface area contributed by atoms with E-state index in [0.29, 0.717) is 5.75 Å². The second-order valence-electron chi connectivity index (χ2n) is 4.37. The highest BCUT2D eigenvalue weighted by Crippen LogP contribution is 2.23. The highest BCUT2D eigenvalue weighted by Gasteiger charge is 2.16. The molecule has 2 nitrogen and oxygen atoms in total. The molecule has 0 radical (unpaired) electrons. The molecule has 1 unspecified atom stereocenters. The normalized spacial score (nSPS) is 12.2. The Morgan fingerprint density at radius 2 is 1.75 bits per heavy atom. The van der Waals surface area contributed by atoms with Crippen LogP contribution >= 0.6 is 0 Å². The molecule has 0 aliphatic rings. The van der Waals surface area contributed by atoms with Crippen LogP contribution in [-0.2, 0) is 6.42 Å². The molecule has 0 saturated heterocycles. The first-order valence-corrected chi connectivity index (χ1v) is 5.96. The van der Waals surface area contributed by atoms with Crippen LogP contribution < -0.4 is 4.74 Å². The molecule has 0 fully saturated rings. The number of hydrogen-bond acceptors (Lipinski definition) is 2. The maximum Gasteiger partial charge on any atom is 0.194 e. The molecule has 1 N–H and O–H groups in total. The molecule has 0 spiro atoms. The van der Waals surface area contributed by atoms with E-state index in [0.717, 1.165) is 17.7 Å². The zero-order valence-electron chi connectivity index (χ0n) is 10.7. The maximum absolute atomic E-state index is 13.1. The third kappa shape index (κ3) is 3.11. The van der Waals surface area contributed by atoms with Gasteiger partial charge in [0.1, 0.15) is 5.75 Å². The SMILES string of the molecule is COc1cccc(CC(O)c2cc(F)c(F)c(F)c2)c1. The number of methoxy groups -OCH3 is 1. The highest BCUT2D eigenvalue weighted by atomic mass is 19.2. The molecule has 0 aliphatic heterocycles. The van der Waals surface area contributed by atoms with Crippen LogP contribution in [0.5, 0.6) is 5.75 Å². The van der Waals surface area contributed by atoms with E-state index in [1.165, 1.54) is 7.11 Å². The van der Waals surface area contributed by atoms with Crippen molar-refractivity contribution in [3.8, 4) is 5.75 Å². The van der Waals surface area contributed by atoms with Crippen molar-refractivity contribution < 1.29 is 23.0 Å². The monoisotopic (exact) mass is 282 g/mol. The minimum atomic E-state index is -1.54. The summed E-state index contributed by atoms with van der Waals surface area (Å²) < 4.78 is 44.1. The number of rotatable bonds is 4. The Morgan fingerprint density at radius 1 is 1.10 bits per heavy atom. The van der Waals surface area contributed by atoms with E-state index in [1.807, 2.05) is 0 Å². The lowest BCUT2D eigenvalue weighted by molar-refractivity contribution is 0.177. The van der Waals surface area contributed by atoms with Gasteiger partial charge < -0.3 is 9.84 Å². The molecule has 0 aromatic heterocycles. The van der Waals surface area contributed by atoms with Gasteiger partial charge in [0.2, 0.25) is 0 Å². The Kier molecular flexibility index (Phi) is 4.29. The molecule has 106 valence electrons. The average molecular weight is 282 g/mol. The first kappa shape index (κ1) is 14.4. The van der Waals surface area contributed by atoms with Gasteiger partial charge in [0.05, 0.1) is 13.2 Å². The lowest BCUT2D eigenvalue weighted by Crippen LogP contribution is -2.05. The quantitative estimate of drug-likeness (QED) is 0.871. The van der Waals surface area contributed by atoms with E-state index in [4.69, 9.17) is 4.74 Å². The fourth-order valence-corrected chi connectivity index (χ4v) is 1.91. The Balaban J connectivity index is 2.21. The van der Waals surface area contributed by atoms with Gasteiger partial charge in [-0.05, 0) is 35.4 Å². The molecule has 0 bridgehead atoms. The first-order valence-electron chi connectivity index (χ1n) is 5.96. The van der Waals surface area contributed by atoms with Crippen LogP contribution in [0.15, 0.2) is 36.4 Å². The highest BCUT2D eigenvalue weighted by molar-refractivity contribution is 5.30. The van der Waals surface area contributed by atoms with Gasteiger partial charge in [0.25, 0.3) is 0 Å². The second kappa shape index (κ2) is 5.96. The average Bonchev–Trinajstić information content (AvgIpc) is 2.44. The van der Waals surface area contributed by atoms with Crippen LogP contribution in [0.3, 0.4) is 0 Å². The van der Waals surface area contributed by atoms with Gasteiger partial charge in [-0.3, -0.25) is 0 Å². The molecule has 5 heteroatoms. The van der Waals surface area contributed by atoms with E-state index in [2.05, 4.69) is 0 Å². The summed E-state index contributed by atoms with van der Waals surface area (Å²) >= 11 is 0. The van der Waals surface area contributed by atoms with Crippen LogP contribution in [0.4, 0.5) is 13.2 Å². The van der Waals surface area contributed by atoms with E-state index < -0.39 is 23.6 Å². The predicted octanol–water partition coefficient (Wildman–Crippen LogP) is 3.39. The minimum absolute atomic E-state index is 0.00998. The second-order valence-corrected chi connectivity index (χ2v) is 4.37. The maximum atomic E-state index is 13.1. The molecule has 0 aliphatic carbocycles. The van der Waals surface area contributed by atoms with Crippen molar-refractivity contribution in [2.24, 2.45) is 0 Å². The predicted molar refractivity (Wildman–Crippen MR) is 68.0 cm³/mol. The fourth-order valence-electron chi connectivity index (χ4n) is 1.91. The minimum Gasteiger partial charge on any atom is -0.497 e. The van der Waals surface area contributed by atoms with Crippen LogP contribution in [0.1, 0.15) is 17.2 Å². The zero-order chi connectivity index (χ0) is 14.7. The Labute approximate surface area is 114 Å². The number of hydrogen-bond donors (Lipinski definition) is 1. The van der Waals surface area contributed by atoms with E-state index >= 15 is 0 Å². The van der Waals surface area contributed by atoms with Crippen molar-refractivity contribution >= 4 is 0 Å². The summed E-state index contributed by atoms with van der Waals surface area (Å²) in [7, 11) is 1.51. The summed E-state index contributed by atoms with van der Waals surface area (Å²) in [6.45, 7) is 0. The molecule has 20 heavy (non-hydrogen) atoms. The van der Waals surface area contributed by atoms with Gasteiger partial charge in [-0.1, -0.05) is 12.1 Å². The van der Waals surface area contributed by atoms with Crippen molar-refractivity contribution in [2.45, 2.75) is 12.5 Å². The summed E-state index contributed by atoms with van der Waals surface area (Å²) in [5, 5.41) is 9.98. The van der Waals surface area contributed by atoms with E-state index in [-0.39, 0.29) is 12.0 Å². The van der Waals surface area contributed by atoms with Gasteiger partial charge in [-0.25, -0.2) is 13.2 Å². The molecular weight excluding hydrogens is 269 g/mol. The molecule has 0 heterocycles. The van der Waals surface area contributed by atoms with Crippen LogP contribution in [0, 0.1) is 17.5 Å². The van der Waals surface area contributed by atoms with Crippen molar-refractivity contribution in [2.75, 3.05) is 7.11 Å². The molecule has 0 amide bonds. The Morgan fingerprint density at radius 3 is 2.35 bits per heavy atom. The first-order chi connectivity index (χ1) is 9.51. The smallest absolute Gasteiger partial charge is 0.194 e. The molecule has 2 aromatic rings. The van der Waals surface area contributed by atoms with Crippen molar-refractivity contribution in [3.63, 3.8) is 0 Å². The lowest BCUT2D eigenvalue weighted by Gasteiger charge is -2.12. The van der Waals surface area contributed by atoms with Crippen LogP contribution in [-0.4, -0.2) is 12.2 Å². The number of benzene rings is 2. The summed E-state index contributed by atoms with van der Waals surface area (Å²) in [6.07, 6.45) is -0.992. The largest absolute Gasteiger partial charge is 0.497 e. The number of ether oxygens (including phenoxy) is 1. The van der Waals surface area contributed by atoms with Gasteiger partial charge in [-0.15, -0.1) is 0 Å². The summed E-state index contributed by atoms with van der Waals surface area (Å²) in [4.78, 5) is 0. The molecule has 2 rings (SSSR count). The summed E-state index contributed by atoms with van der Waals surface area (Å²) in [5.74, 6) is -3.55. The van der Waals surface area contributed by atoms with Crippen molar-refractivity contribution in [3.05, 3.63) is 65.0 Å². The summed E-state index contributed by atoms with van der Waals surface area (Å²) in [5.41, 5.74) is 0.728. The fraction of sp³-hybridized carbons (Fsp3) is 0.200. The zero-order valence-corrected chi connectivity index (χ0v) is 10.7. The third-order valence-corrected chi connectivity index (χ3v) is 2.95. The van der Waals surface area contributed by atoms with Gasteiger partial charge >= 0.3 is 0 Å². The van der Waals surface area contributed by atoms with Gasteiger partial charge in [0, 0.05) is 6.42 Å². The lowest BCUT2D eigenvalue weighted by atomic mass is 10.0. The number of aliphatic hydroxyl groups is 1. The summed E-state index contributed by atoms with van der Waals surface area (Å²) in [6, 6.07) is 8.54. The van der Waals surface area contributed by atoms with Gasteiger partial charge in [-0.2, -0.15) is 0 Å².